The van der Waals surface area contributed by atoms with Gasteiger partial charge in [0.1, 0.15) is 18.1 Å². The highest BCUT2D eigenvalue weighted by Crippen LogP contribution is 2.29. The smallest absolute Gasteiger partial charge is 0.303 e. The van der Waals surface area contributed by atoms with Crippen LogP contribution >= 0.6 is 11.6 Å². The van der Waals surface area contributed by atoms with Crippen molar-refractivity contribution in [2.24, 2.45) is 0 Å². The molecule has 120 valence electrons. The molecule has 1 fully saturated rings. The number of carbonyl (C=O) groups is 3. The third-order valence-electron chi connectivity index (χ3n) is 2.64. The van der Waals surface area contributed by atoms with Crippen molar-refractivity contribution in [1.29, 1.82) is 0 Å². The Morgan fingerprint density at radius 2 is 1.57 bits per heavy atom. The molecular formula is C12H17ClO8. The van der Waals surface area contributed by atoms with Gasteiger partial charge in [-0.25, -0.2) is 0 Å². The number of aliphatic hydroxyl groups is 1. The van der Waals surface area contributed by atoms with Gasteiger partial charge in [-0.3, -0.25) is 14.4 Å². The second kappa shape index (κ2) is 7.58. The van der Waals surface area contributed by atoms with E-state index < -0.39 is 47.9 Å². The molecule has 9 heteroatoms. The van der Waals surface area contributed by atoms with Crippen molar-refractivity contribution in [3.8, 4) is 0 Å². The summed E-state index contributed by atoms with van der Waals surface area (Å²) in [5.41, 5.74) is 0. The van der Waals surface area contributed by atoms with E-state index in [-0.39, 0.29) is 6.61 Å². The summed E-state index contributed by atoms with van der Waals surface area (Å²) < 4.78 is 19.8. The van der Waals surface area contributed by atoms with Crippen molar-refractivity contribution in [1.82, 2.24) is 0 Å². The Kier molecular flexibility index (Phi) is 6.38. The molecule has 0 spiro atoms. The molecule has 0 aromatic heterocycles. The highest BCUT2D eigenvalue weighted by molar-refractivity contribution is 6.21. The van der Waals surface area contributed by atoms with Crippen LogP contribution in [0.4, 0.5) is 0 Å². The maximum atomic E-state index is 11.1. The zero-order valence-electron chi connectivity index (χ0n) is 11.8. The Labute approximate surface area is 126 Å². The van der Waals surface area contributed by atoms with Gasteiger partial charge in [0.05, 0.1) is 0 Å². The Morgan fingerprint density at radius 3 is 2.05 bits per heavy atom. The van der Waals surface area contributed by atoms with E-state index in [1.54, 1.807) is 0 Å². The quantitative estimate of drug-likeness (QED) is 0.428. The Morgan fingerprint density at radius 1 is 1.05 bits per heavy atom. The summed E-state index contributed by atoms with van der Waals surface area (Å²) in [5.74, 6) is -1.88. The number of aliphatic hydroxyl groups excluding tert-OH is 1. The molecule has 1 heterocycles. The van der Waals surface area contributed by atoms with Gasteiger partial charge in [-0.2, -0.15) is 0 Å². The van der Waals surface area contributed by atoms with Crippen molar-refractivity contribution >= 4 is 29.5 Å². The lowest BCUT2D eigenvalue weighted by Gasteiger charge is -2.40. The minimum atomic E-state index is -1.52. The highest BCUT2D eigenvalue weighted by atomic mass is 35.5. The number of halogens is 1. The molecule has 0 unspecified atom stereocenters. The van der Waals surface area contributed by atoms with Gasteiger partial charge in [-0.05, 0) is 0 Å². The maximum absolute atomic E-state index is 11.1. The number of alkyl halides is 1. The maximum Gasteiger partial charge on any atom is 0.303 e. The van der Waals surface area contributed by atoms with Crippen LogP contribution in [0.15, 0.2) is 0 Å². The van der Waals surface area contributed by atoms with Crippen LogP contribution in [0.1, 0.15) is 20.8 Å². The number of hydrogen-bond donors (Lipinski definition) is 1. The first-order valence-corrected chi connectivity index (χ1v) is 6.61. The first-order valence-electron chi connectivity index (χ1n) is 6.17. The average molecular weight is 325 g/mol. The van der Waals surface area contributed by atoms with Crippen molar-refractivity contribution < 1.29 is 38.4 Å². The molecule has 0 amide bonds. The number of ether oxygens (including phenoxy) is 4. The lowest BCUT2D eigenvalue weighted by molar-refractivity contribution is -0.260. The van der Waals surface area contributed by atoms with Gasteiger partial charge in [0, 0.05) is 20.8 Å². The first-order chi connectivity index (χ1) is 9.72. The average Bonchev–Trinajstić information content (AvgIpc) is 2.35. The van der Waals surface area contributed by atoms with Gasteiger partial charge in [-0.1, -0.05) is 0 Å². The van der Waals surface area contributed by atoms with Crippen LogP contribution in [0.2, 0.25) is 0 Å². The van der Waals surface area contributed by atoms with Crippen molar-refractivity contribution in [2.45, 2.75) is 50.8 Å². The van der Waals surface area contributed by atoms with Crippen molar-refractivity contribution in [3.05, 3.63) is 0 Å². The number of carbonyl (C=O) groups excluding carboxylic acids is 3. The number of hydrogen-bond acceptors (Lipinski definition) is 8. The molecule has 1 N–H and O–H groups in total. The summed E-state index contributed by atoms with van der Waals surface area (Å²) in [4.78, 5) is 33.0. The monoisotopic (exact) mass is 324 g/mol. The van der Waals surface area contributed by atoms with Crippen LogP contribution in [0.5, 0.6) is 0 Å². The summed E-state index contributed by atoms with van der Waals surface area (Å²) in [6.45, 7) is 3.24. The Hall–Kier alpha value is -1.38. The summed E-state index contributed by atoms with van der Waals surface area (Å²) in [6, 6.07) is 0. The SMILES string of the molecule is CC(=O)OC[C@@H]1O[C@@H](O)[C@@H](OC(C)=O)[C@@H](Cl)[C@@H]1OC(C)=O. The van der Waals surface area contributed by atoms with Crippen LogP contribution in [0.25, 0.3) is 0 Å². The molecule has 0 bridgehead atoms. The van der Waals surface area contributed by atoms with Crippen LogP contribution in [-0.2, 0) is 33.3 Å². The standard InChI is InChI=1S/C12H17ClO8/c1-5(14)18-4-8-10(19-6(2)15)9(13)11(12(17)21-8)20-7(3)16/h8-12,17H,4H2,1-3H3/t8-,9-,10+,11-,12+/m0/s1. The molecule has 1 aliphatic rings. The van der Waals surface area contributed by atoms with E-state index in [0.717, 1.165) is 6.92 Å². The van der Waals surface area contributed by atoms with E-state index >= 15 is 0 Å². The van der Waals surface area contributed by atoms with E-state index in [1.165, 1.54) is 13.8 Å². The summed E-state index contributed by atoms with van der Waals surface area (Å²) in [5, 5.41) is 8.76. The molecule has 21 heavy (non-hydrogen) atoms. The van der Waals surface area contributed by atoms with Crippen LogP contribution in [0, 0.1) is 0 Å². The molecule has 0 aliphatic carbocycles. The minimum absolute atomic E-state index is 0.264. The molecule has 0 radical (unpaired) electrons. The fraction of sp³-hybridized carbons (Fsp3) is 0.750. The number of esters is 3. The predicted octanol–water partition coefficient (Wildman–Crippen LogP) is -0.263. The van der Waals surface area contributed by atoms with E-state index in [2.05, 4.69) is 0 Å². The van der Waals surface area contributed by atoms with E-state index in [9.17, 15) is 19.5 Å². The van der Waals surface area contributed by atoms with Gasteiger partial charge in [-0.15, -0.1) is 11.6 Å². The van der Waals surface area contributed by atoms with Crippen LogP contribution in [-0.4, -0.2) is 59.6 Å². The lowest BCUT2D eigenvalue weighted by Crippen LogP contribution is -2.59. The van der Waals surface area contributed by atoms with Crippen molar-refractivity contribution in [3.63, 3.8) is 0 Å². The Balaban J connectivity index is 2.86. The molecule has 8 nitrogen and oxygen atoms in total. The summed E-state index contributed by atoms with van der Waals surface area (Å²) in [7, 11) is 0. The fourth-order valence-electron chi connectivity index (χ4n) is 1.86. The second-order valence-corrected chi connectivity index (χ2v) is 4.96. The topological polar surface area (TPSA) is 108 Å². The summed E-state index contributed by atoms with van der Waals surface area (Å²) in [6.07, 6.45) is -4.75. The summed E-state index contributed by atoms with van der Waals surface area (Å²) >= 11 is 6.11. The zero-order chi connectivity index (χ0) is 16.2. The highest BCUT2D eigenvalue weighted by Gasteiger charge is 2.48. The number of rotatable bonds is 4. The van der Waals surface area contributed by atoms with Crippen LogP contribution < -0.4 is 0 Å². The van der Waals surface area contributed by atoms with Crippen molar-refractivity contribution in [2.75, 3.05) is 6.61 Å². The van der Waals surface area contributed by atoms with Gasteiger partial charge in [0.2, 0.25) is 0 Å². The van der Waals surface area contributed by atoms with Gasteiger partial charge >= 0.3 is 17.9 Å². The van der Waals surface area contributed by atoms with E-state index in [4.69, 9.17) is 30.5 Å². The van der Waals surface area contributed by atoms with E-state index in [0.29, 0.717) is 0 Å². The molecule has 1 saturated heterocycles. The molecule has 0 aromatic carbocycles. The minimum Gasteiger partial charge on any atom is -0.463 e. The van der Waals surface area contributed by atoms with Gasteiger partial charge in [0.15, 0.2) is 18.5 Å². The third-order valence-corrected chi connectivity index (χ3v) is 3.14. The Bertz CT molecular complexity index is 410. The molecule has 5 atom stereocenters. The first kappa shape index (κ1) is 17.7. The van der Waals surface area contributed by atoms with E-state index in [1.807, 2.05) is 0 Å². The lowest BCUT2D eigenvalue weighted by atomic mass is 10.0. The van der Waals surface area contributed by atoms with Gasteiger partial charge < -0.3 is 24.1 Å². The normalized spacial score (nSPS) is 32.1. The molecule has 1 rings (SSSR count). The molecular weight excluding hydrogens is 308 g/mol. The third kappa shape index (κ3) is 5.14. The molecule has 1 aliphatic heterocycles. The molecule has 0 saturated carbocycles. The van der Waals surface area contributed by atoms with Gasteiger partial charge in [0.25, 0.3) is 0 Å². The second-order valence-electron chi connectivity index (χ2n) is 4.46. The van der Waals surface area contributed by atoms with Crippen LogP contribution in [0.3, 0.4) is 0 Å². The predicted molar refractivity (Wildman–Crippen MR) is 68.3 cm³/mol. The zero-order valence-corrected chi connectivity index (χ0v) is 12.5. The fourth-order valence-corrected chi connectivity index (χ4v) is 2.25. The largest absolute Gasteiger partial charge is 0.463 e. The molecule has 0 aromatic rings.